The minimum absolute atomic E-state index is 0.247. The second-order valence-corrected chi connectivity index (χ2v) is 7.51. The summed E-state index contributed by atoms with van der Waals surface area (Å²) in [5.41, 5.74) is 9.87. The summed E-state index contributed by atoms with van der Waals surface area (Å²) in [4.78, 5) is 21.8. The Morgan fingerprint density at radius 2 is 1.73 bits per heavy atom. The highest BCUT2D eigenvalue weighted by Crippen LogP contribution is 2.48. The maximum Gasteiger partial charge on any atom is 0.259 e. The number of hydrogen-bond acceptors (Lipinski definition) is 8. The van der Waals surface area contributed by atoms with Gasteiger partial charge >= 0.3 is 0 Å². The second kappa shape index (κ2) is 7.29. The number of nitrogens with two attached hydrogens (primary N) is 1. The first kappa shape index (κ1) is 18.4. The molecule has 0 saturated heterocycles. The van der Waals surface area contributed by atoms with Crippen molar-refractivity contribution in [1.82, 2.24) is 30.1 Å². The van der Waals surface area contributed by atoms with Crippen molar-refractivity contribution in [1.29, 1.82) is 0 Å². The normalized spacial score (nSPS) is 15.0. The molecule has 0 unspecified atom stereocenters. The SMILES string of the molecule is CCc1ccc(-c2nc(C3(c4ccc(-c5cnc(N)nc5)nc4)CCC3)no2)cn1. The van der Waals surface area contributed by atoms with Crippen LogP contribution in [0.5, 0.6) is 0 Å². The highest BCUT2D eigenvalue weighted by molar-refractivity contribution is 5.58. The summed E-state index contributed by atoms with van der Waals surface area (Å²) < 4.78 is 5.58. The van der Waals surface area contributed by atoms with Crippen molar-refractivity contribution in [3.05, 3.63) is 66.1 Å². The third-order valence-corrected chi connectivity index (χ3v) is 5.78. The lowest BCUT2D eigenvalue weighted by atomic mass is 9.64. The standard InChI is InChI=1S/C22H21N7O/c1-2-17-6-4-14(10-24-17)19-28-20(29-30-19)22(8-3-9-22)16-5-7-18(25-13-16)15-11-26-21(23)27-12-15/h4-7,10-13H,2-3,8-9H2,1H3,(H2,23,26,27). The molecule has 30 heavy (non-hydrogen) atoms. The molecule has 0 aromatic carbocycles. The summed E-state index contributed by atoms with van der Waals surface area (Å²) >= 11 is 0. The van der Waals surface area contributed by atoms with E-state index in [0.29, 0.717) is 11.7 Å². The van der Waals surface area contributed by atoms with Gasteiger partial charge in [0, 0.05) is 36.0 Å². The Kier molecular flexibility index (Phi) is 4.46. The van der Waals surface area contributed by atoms with E-state index in [9.17, 15) is 0 Å². The van der Waals surface area contributed by atoms with Gasteiger partial charge in [-0.3, -0.25) is 9.97 Å². The van der Waals surface area contributed by atoms with Crippen LogP contribution in [0.1, 0.15) is 43.3 Å². The van der Waals surface area contributed by atoms with Crippen LogP contribution in [0.25, 0.3) is 22.7 Å². The predicted octanol–water partition coefficient (Wildman–Crippen LogP) is 3.60. The fourth-order valence-corrected chi connectivity index (χ4v) is 3.78. The average Bonchev–Trinajstić information content (AvgIpc) is 3.24. The summed E-state index contributed by atoms with van der Waals surface area (Å²) in [5, 5.41) is 4.32. The van der Waals surface area contributed by atoms with Gasteiger partial charge < -0.3 is 10.3 Å². The van der Waals surface area contributed by atoms with Gasteiger partial charge in [0.25, 0.3) is 5.89 Å². The Bertz CT molecular complexity index is 1150. The van der Waals surface area contributed by atoms with E-state index in [2.05, 4.69) is 38.1 Å². The molecule has 4 aromatic heterocycles. The van der Waals surface area contributed by atoms with E-state index in [0.717, 1.165) is 53.8 Å². The Balaban J connectivity index is 1.44. The largest absolute Gasteiger partial charge is 0.368 e. The zero-order chi connectivity index (χ0) is 20.6. The predicted molar refractivity (Wildman–Crippen MR) is 111 cm³/mol. The third kappa shape index (κ3) is 3.10. The molecule has 1 aliphatic rings. The van der Waals surface area contributed by atoms with Crippen LogP contribution in [0.3, 0.4) is 0 Å². The maximum absolute atomic E-state index is 5.58. The molecule has 0 spiro atoms. The van der Waals surface area contributed by atoms with Crippen LogP contribution in [0.15, 0.2) is 53.6 Å². The molecule has 5 rings (SSSR count). The van der Waals surface area contributed by atoms with Gasteiger partial charge in [-0.15, -0.1) is 0 Å². The van der Waals surface area contributed by atoms with Crippen molar-refractivity contribution >= 4 is 5.95 Å². The number of anilines is 1. The summed E-state index contributed by atoms with van der Waals surface area (Å²) in [6, 6.07) is 8.01. The third-order valence-electron chi connectivity index (χ3n) is 5.78. The molecule has 4 heterocycles. The first-order chi connectivity index (χ1) is 14.7. The number of aryl methyl sites for hydroxylation is 1. The van der Waals surface area contributed by atoms with Crippen LogP contribution >= 0.6 is 0 Å². The lowest BCUT2D eigenvalue weighted by Gasteiger charge is -2.39. The molecule has 0 bridgehead atoms. The molecule has 1 fully saturated rings. The number of aromatic nitrogens is 6. The minimum atomic E-state index is -0.262. The summed E-state index contributed by atoms with van der Waals surface area (Å²) in [5.74, 6) is 1.44. The summed E-state index contributed by atoms with van der Waals surface area (Å²) in [6.07, 6.45) is 11.0. The molecule has 2 N–H and O–H groups in total. The Hall–Kier alpha value is -3.68. The van der Waals surface area contributed by atoms with Crippen molar-refractivity contribution in [2.24, 2.45) is 0 Å². The van der Waals surface area contributed by atoms with Crippen molar-refractivity contribution in [2.75, 3.05) is 5.73 Å². The highest BCUT2D eigenvalue weighted by atomic mass is 16.5. The number of nitrogen functional groups attached to an aromatic ring is 1. The van der Waals surface area contributed by atoms with Gasteiger partial charge in [-0.2, -0.15) is 4.98 Å². The first-order valence-electron chi connectivity index (χ1n) is 10.0. The zero-order valence-corrected chi connectivity index (χ0v) is 16.6. The van der Waals surface area contributed by atoms with Gasteiger partial charge in [0.15, 0.2) is 5.82 Å². The fraction of sp³-hybridized carbons (Fsp3) is 0.273. The molecule has 1 saturated carbocycles. The molecule has 0 aliphatic heterocycles. The molecule has 0 amide bonds. The number of hydrogen-bond donors (Lipinski definition) is 1. The fourth-order valence-electron chi connectivity index (χ4n) is 3.78. The second-order valence-electron chi connectivity index (χ2n) is 7.51. The number of nitrogens with zero attached hydrogens (tertiary/aromatic N) is 6. The van der Waals surface area contributed by atoms with Gasteiger partial charge in [-0.25, -0.2) is 9.97 Å². The van der Waals surface area contributed by atoms with E-state index >= 15 is 0 Å². The molecule has 8 heteroatoms. The van der Waals surface area contributed by atoms with E-state index in [1.807, 2.05) is 24.4 Å². The van der Waals surface area contributed by atoms with E-state index in [1.54, 1.807) is 18.6 Å². The molecule has 1 aliphatic carbocycles. The Morgan fingerprint density at radius 1 is 0.933 bits per heavy atom. The van der Waals surface area contributed by atoms with Crippen LogP contribution in [-0.2, 0) is 11.8 Å². The van der Waals surface area contributed by atoms with Crippen molar-refractivity contribution in [3.8, 4) is 22.7 Å². The Morgan fingerprint density at radius 3 is 2.33 bits per heavy atom. The van der Waals surface area contributed by atoms with E-state index < -0.39 is 0 Å². The quantitative estimate of drug-likeness (QED) is 0.541. The number of rotatable bonds is 5. The molecule has 0 radical (unpaired) electrons. The monoisotopic (exact) mass is 399 g/mol. The van der Waals surface area contributed by atoms with E-state index in [1.165, 1.54) is 0 Å². The molecule has 150 valence electrons. The number of pyridine rings is 2. The molecular weight excluding hydrogens is 378 g/mol. The molecular formula is C22H21N7O. The van der Waals surface area contributed by atoms with Crippen LogP contribution in [0, 0.1) is 0 Å². The van der Waals surface area contributed by atoms with Crippen molar-refractivity contribution in [3.63, 3.8) is 0 Å². The van der Waals surface area contributed by atoms with Gasteiger partial charge in [-0.05, 0) is 43.0 Å². The first-order valence-corrected chi connectivity index (χ1v) is 10.0. The van der Waals surface area contributed by atoms with Gasteiger partial charge in [-0.1, -0.05) is 24.6 Å². The average molecular weight is 399 g/mol. The van der Waals surface area contributed by atoms with Gasteiger partial charge in [0.1, 0.15) is 0 Å². The van der Waals surface area contributed by atoms with Gasteiger partial charge in [0.05, 0.1) is 16.7 Å². The van der Waals surface area contributed by atoms with Gasteiger partial charge in [0.2, 0.25) is 5.95 Å². The topological polar surface area (TPSA) is 116 Å². The molecule has 4 aromatic rings. The van der Waals surface area contributed by atoms with Crippen LogP contribution < -0.4 is 5.73 Å². The summed E-state index contributed by atoms with van der Waals surface area (Å²) in [7, 11) is 0. The lowest BCUT2D eigenvalue weighted by molar-refractivity contribution is 0.272. The maximum atomic E-state index is 5.58. The lowest BCUT2D eigenvalue weighted by Crippen LogP contribution is -2.36. The van der Waals surface area contributed by atoms with E-state index in [-0.39, 0.29) is 11.4 Å². The van der Waals surface area contributed by atoms with Crippen LogP contribution in [-0.4, -0.2) is 30.1 Å². The molecule has 8 nitrogen and oxygen atoms in total. The van der Waals surface area contributed by atoms with Crippen LogP contribution in [0.4, 0.5) is 5.95 Å². The Labute approximate surface area is 173 Å². The minimum Gasteiger partial charge on any atom is -0.368 e. The van der Waals surface area contributed by atoms with Crippen LogP contribution in [0.2, 0.25) is 0 Å². The highest BCUT2D eigenvalue weighted by Gasteiger charge is 2.44. The zero-order valence-electron chi connectivity index (χ0n) is 16.6. The smallest absolute Gasteiger partial charge is 0.259 e. The molecule has 0 atom stereocenters. The van der Waals surface area contributed by atoms with Crippen molar-refractivity contribution in [2.45, 2.75) is 38.0 Å². The van der Waals surface area contributed by atoms with E-state index in [4.69, 9.17) is 15.2 Å². The summed E-state index contributed by atoms with van der Waals surface area (Å²) in [6.45, 7) is 2.08. The van der Waals surface area contributed by atoms with Crippen molar-refractivity contribution < 1.29 is 4.52 Å².